The molecule has 2 N–H and O–H groups in total. The molecule has 7 nitrogen and oxygen atoms in total. The number of aromatic amines is 1. The molecular weight excluding hydrogens is 375 g/mol. The van der Waals surface area contributed by atoms with Crippen molar-refractivity contribution < 1.29 is 18.5 Å². The van der Waals surface area contributed by atoms with Crippen LogP contribution in [0.2, 0.25) is 0 Å². The van der Waals surface area contributed by atoms with Crippen LogP contribution >= 0.6 is 0 Å². The average Bonchev–Trinajstić information content (AvgIpc) is 3.06. The zero-order valence-corrected chi connectivity index (χ0v) is 15.3. The largest absolute Gasteiger partial charge is 0.311 e. The molecule has 0 bridgehead atoms. The minimum atomic E-state index is -0.522. The Bertz CT molecular complexity index is 1230. The zero-order valence-electron chi connectivity index (χ0n) is 15.3. The molecule has 0 saturated heterocycles. The molecule has 0 fully saturated rings. The van der Waals surface area contributed by atoms with Crippen molar-refractivity contribution in [3.05, 3.63) is 93.9 Å². The van der Waals surface area contributed by atoms with E-state index >= 15 is 0 Å². The van der Waals surface area contributed by atoms with Crippen LogP contribution in [0.15, 0.2) is 66.9 Å². The first-order valence-corrected chi connectivity index (χ1v) is 8.78. The topological polar surface area (TPSA) is 92.1 Å². The summed E-state index contributed by atoms with van der Waals surface area (Å²) in [5.41, 5.74) is 3.29. The van der Waals surface area contributed by atoms with Gasteiger partial charge in [0.2, 0.25) is 5.65 Å². The average molecular weight is 391 g/mol. The number of hydrogen-bond donors (Lipinski definition) is 2. The Hall–Kier alpha value is -4.07. The van der Waals surface area contributed by atoms with E-state index in [1.54, 1.807) is 16.5 Å². The predicted octanol–water partition coefficient (Wildman–Crippen LogP) is 4.03. The molecule has 0 radical (unpaired) electrons. The number of benzene rings is 2. The molecule has 0 saturated carbocycles. The lowest BCUT2D eigenvalue weighted by Gasteiger charge is -2.03. The van der Waals surface area contributed by atoms with Gasteiger partial charge in [-0.3, -0.25) is 19.9 Å². The lowest BCUT2D eigenvalue weighted by Crippen LogP contribution is -2.27. The Morgan fingerprint density at radius 3 is 2.45 bits per heavy atom. The summed E-state index contributed by atoms with van der Waals surface area (Å²) in [6.07, 6.45) is 1.82. The fourth-order valence-electron chi connectivity index (χ4n) is 3.07. The molecular formula is C21H16FN4O3+. The SMILES string of the molecule is Cc1cc[n+]2c(NC(=O)c3ccc([N+](=O)[O-])cc3)c(-c3ccc(F)cc3)[nH]c2c1. The number of amides is 1. The molecule has 2 aromatic carbocycles. The van der Waals surface area contributed by atoms with E-state index in [0.717, 1.165) is 11.2 Å². The van der Waals surface area contributed by atoms with Crippen LogP contribution in [0.3, 0.4) is 0 Å². The normalized spacial score (nSPS) is 10.8. The van der Waals surface area contributed by atoms with E-state index in [2.05, 4.69) is 10.3 Å². The van der Waals surface area contributed by atoms with Gasteiger partial charge in [-0.2, -0.15) is 0 Å². The highest BCUT2D eigenvalue weighted by Crippen LogP contribution is 2.26. The summed E-state index contributed by atoms with van der Waals surface area (Å²) in [7, 11) is 0. The second kappa shape index (κ2) is 7.16. The van der Waals surface area contributed by atoms with Crippen molar-refractivity contribution in [2.24, 2.45) is 0 Å². The van der Waals surface area contributed by atoms with E-state index in [1.165, 1.54) is 36.4 Å². The summed E-state index contributed by atoms with van der Waals surface area (Å²) in [5.74, 6) is -0.294. The van der Waals surface area contributed by atoms with Crippen molar-refractivity contribution in [1.82, 2.24) is 4.98 Å². The Balaban J connectivity index is 1.77. The highest BCUT2D eigenvalue weighted by molar-refractivity contribution is 6.05. The molecule has 4 aromatic rings. The highest BCUT2D eigenvalue weighted by atomic mass is 19.1. The van der Waals surface area contributed by atoms with Crippen LogP contribution in [0, 0.1) is 22.9 Å². The minimum absolute atomic E-state index is 0.0921. The molecule has 0 aliphatic carbocycles. The van der Waals surface area contributed by atoms with Crippen molar-refractivity contribution in [2.45, 2.75) is 6.92 Å². The van der Waals surface area contributed by atoms with E-state index in [4.69, 9.17) is 0 Å². The molecule has 0 spiro atoms. The number of fused-ring (bicyclic) bond motifs is 1. The smallest absolute Gasteiger partial charge is 0.267 e. The number of carbonyl (C=O) groups excluding carboxylic acids is 1. The van der Waals surface area contributed by atoms with Gasteiger partial charge in [-0.05, 0) is 55.0 Å². The third kappa shape index (κ3) is 3.55. The van der Waals surface area contributed by atoms with Gasteiger partial charge < -0.3 is 0 Å². The fourth-order valence-corrected chi connectivity index (χ4v) is 3.07. The number of hydrogen-bond acceptors (Lipinski definition) is 3. The number of H-pyrrole nitrogens is 1. The Morgan fingerprint density at radius 1 is 1.10 bits per heavy atom. The number of nitrogens with zero attached hydrogens (tertiary/aromatic N) is 2. The van der Waals surface area contributed by atoms with Gasteiger partial charge in [0.1, 0.15) is 5.82 Å². The van der Waals surface area contributed by atoms with Gasteiger partial charge in [0, 0.05) is 23.8 Å². The van der Waals surface area contributed by atoms with E-state index < -0.39 is 10.8 Å². The van der Waals surface area contributed by atoms with Crippen molar-refractivity contribution >= 4 is 23.1 Å². The molecule has 1 amide bonds. The Morgan fingerprint density at radius 2 is 1.79 bits per heavy atom. The van der Waals surface area contributed by atoms with Crippen LogP contribution in [-0.2, 0) is 0 Å². The first-order chi connectivity index (χ1) is 13.9. The molecule has 0 unspecified atom stereocenters. The molecule has 0 aliphatic heterocycles. The molecule has 4 rings (SSSR count). The van der Waals surface area contributed by atoms with Crippen molar-refractivity contribution in [2.75, 3.05) is 5.32 Å². The second-order valence-electron chi connectivity index (χ2n) is 6.57. The molecule has 8 heteroatoms. The number of non-ortho nitro benzene ring substituents is 1. The number of nitrogens with one attached hydrogen (secondary N) is 2. The number of nitro benzene ring substituents is 1. The molecule has 0 aliphatic rings. The first-order valence-electron chi connectivity index (χ1n) is 8.78. The number of nitro groups is 1. The second-order valence-corrected chi connectivity index (χ2v) is 6.57. The first kappa shape index (κ1) is 18.3. The van der Waals surface area contributed by atoms with E-state index in [-0.39, 0.29) is 17.1 Å². The molecule has 144 valence electrons. The van der Waals surface area contributed by atoms with Gasteiger partial charge in [0.05, 0.1) is 16.7 Å². The molecule has 29 heavy (non-hydrogen) atoms. The monoisotopic (exact) mass is 391 g/mol. The Labute approximate surface area is 164 Å². The number of aryl methyl sites for hydroxylation is 1. The van der Waals surface area contributed by atoms with E-state index in [9.17, 15) is 19.3 Å². The van der Waals surface area contributed by atoms with E-state index in [0.29, 0.717) is 17.1 Å². The third-order valence-electron chi connectivity index (χ3n) is 4.55. The van der Waals surface area contributed by atoms with Crippen LogP contribution < -0.4 is 9.72 Å². The van der Waals surface area contributed by atoms with Crippen LogP contribution in [0.4, 0.5) is 15.9 Å². The standard InChI is InChI=1S/C21H15FN4O3/c1-13-10-11-25-18(12-13)23-19(14-2-6-16(22)7-3-14)20(25)24-21(27)15-4-8-17(9-5-15)26(28)29/h2-12H,1H3,(H,24,27)/p+1. The number of imidazole rings is 1. The zero-order chi connectivity index (χ0) is 20.5. The quantitative estimate of drug-likeness (QED) is 0.313. The maximum atomic E-state index is 13.3. The van der Waals surface area contributed by atoms with Gasteiger partial charge in [0.25, 0.3) is 11.5 Å². The number of halogens is 1. The van der Waals surface area contributed by atoms with Crippen molar-refractivity contribution in [1.29, 1.82) is 0 Å². The summed E-state index contributed by atoms with van der Waals surface area (Å²) in [4.78, 5) is 26.3. The summed E-state index contributed by atoms with van der Waals surface area (Å²) in [6.45, 7) is 1.95. The highest BCUT2D eigenvalue weighted by Gasteiger charge is 2.24. The maximum Gasteiger partial charge on any atom is 0.311 e. The van der Waals surface area contributed by atoms with Crippen LogP contribution in [0.25, 0.3) is 16.9 Å². The van der Waals surface area contributed by atoms with Gasteiger partial charge in [-0.15, -0.1) is 0 Å². The summed E-state index contributed by atoms with van der Waals surface area (Å²) in [5, 5.41) is 13.7. The fraction of sp³-hybridized carbons (Fsp3) is 0.0476. The van der Waals surface area contributed by atoms with Crippen molar-refractivity contribution in [3.8, 4) is 11.3 Å². The maximum absolute atomic E-state index is 13.3. The van der Waals surface area contributed by atoms with Gasteiger partial charge in [-0.1, -0.05) is 0 Å². The van der Waals surface area contributed by atoms with Gasteiger partial charge >= 0.3 is 5.91 Å². The lowest BCUT2D eigenvalue weighted by molar-refractivity contribution is -0.493. The van der Waals surface area contributed by atoms with Crippen LogP contribution in [0.1, 0.15) is 15.9 Å². The molecule has 2 heterocycles. The number of pyridine rings is 1. The predicted molar refractivity (Wildman–Crippen MR) is 105 cm³/mol. The van der Waals surface area contributed by atoms with Crippen molar-refractivity contribution in [3.63, 3.8) is 0 Å². The van der Waals surface area contributed by atoms with Gasteiger partial charge in [-0.25, -0.2) is 14.1 Å². The van der Waals surface area contributed by atoms with E-state index in [1.807, 2.05) is 25.3 Å². The number of aromatic nitrogens is 2. The number of anilines is 1. The van der Waals surface area contributed by atoms with Crippen LogP contribution in [0.5, 0.6) is 0 Å². The third-order valence-corrected chi connectivity index (χ3v) is 4.55. The lowest BCUT2D eigenvalue weighted by atomic mass is 10.1. The summed E-state index contributed by atoms with van der Waals surface area (Å²) >= 11 is 0. The number of carbonyl (C=O) groups is 1. The summed E-state index contributed by atoms with van der Waals surface area (Å²) in [6, 6.07) is 15.1. The molecule has 0 atom stereocenters. The summed E-state index contributed by atoms with van der Waals surface area (Å²) < 4.78 is 15.1. The van der Waals surface area contributed by atoms with Gasteiger partial charge in [0.15, 0.2) is 5.69 Å². The van der Waals surface area contributed by atoms with Crippen LogP contribution in [-0.4, -0.2) is 15.8 Å². The number of rotatable bonds is 4. The minimum Gasteiger partial charge on any atom is -0.267 e. The molecule has 2 aromatic heterocycles. The Kier molecular flexibility index (Phi) is 4.52.